The zero-order valence-electron chi connectivity index (χ0n) is 20.2. The second-order valence-electron chi connectivity index (χ2n) is 9.66. The minimum atomic E-state index is -0.0572. The van der Waals surface area contributed by atoms with Crippen molar-refractivity contribution in [3.05, 3.63) is 28.3 Å². The number of nitriles is 1. The molecule has 0 spiro atoms. The first-order valence-electron chi connectivity index (χ1n) is 12.4. The van der Waals surface area contributed by atoms with E-state index in [-0.39, 0.29) is 23.4 Å². The van der Waals surface area contributed by atoms with Gasteiger partial charge in [-0.15, -0.1) is 0 Å². The molecule has 2 amide bonds. The molecule has 1 aliphatic heterocycles. The van der Waals surface area contributed by atoms with E-state index in [1.165, 1.54) is 0 Å². The molecule has 0 bridgehead atoms. The molecule has 9 nitrogen and oxygen atoms in total. The van der Waals surface area contributed by atoms with Gasteiger partial charge in [0.05, 0.1) is 11.6 Å². The molecule has 182 valence electrons. The van der Waals surface area contributed by atoms with Crippen LogP contribution in [0, 0.1) is 23.2 Å². The molecule has 1 aliphatic carbocycles. The van der Waals surface area contributed by atoms with Crippen molar-refractivity contribution in [1.29, 1.82) is 5.26 Å². The van der Waals surface area contributed by atoms with Gasteiger partial charge in [-0.05, 0) is 56.6 Å². The Labute approximate surface area is 200 Å². The maximum absolute atomic E-state index is 13.0. The Bertz CT molecular complexity index is 1140. The van der Waals surface area contributed by atoms with Gasteiger partial charge in [0.15, 0.2) is 5.65 Å². The van der Waals surface area contributed by atoms with E-state index in [1.54, 1.807) is 28.0 Å². The van der Waals surface area contributed by atoms with E-state index in [1.807, 2.05) is 17.0 Å². The lowest BCUT2D eigenvalue weighted by Gasteiger charge is -2.37. The van der Waals surface area contributed by atoms with Crippen LogP contribution in [-0.2, 0) is 29.6 Å². The number of hydrogen-bond donors (Lipinski definition) is 0. The van der Waals surface area contributed by atoms with Crippen LogP contribution in [0.15, 0.2) is 16.9 Å². The second kappa shape index (κ2) is 10.4. The van der Waals surface area contributed by atoms with Gasteiger partial charge in [-0.1, -0.05) is 0 Å². The molecule has 9 heteroatoms. The molecule has 2 aliphatic rings. The Balaban J connectivity index is 1.38. The summed E-state index contributed by atoms with van der Waals surface area (Å²) in [6, 6.07) is 6.05. The van der Waals surface area contributed by atoms with Crippen LogP contribution >= 0.6 is 0 Å². The Morgan fingerprint density at radius 1 is 1.09 bits per heavy atom. The van der Waals surface area contributed by atoms with Gasteiger partial charge in [0, 0.05) is 64.7 Å². The van der Waals surface area contributed by atoms with E-state index >= 15 is 0 Å². The van der Waals surface area contributed by atoms with Crippen LogP contribution in [0.4, 0.5) is 0 Å². The summed E-state index contributed by atoms with van der Waals surface area (Å²) < 4.78 is 3.44. The predicted octanol–water partition coefficient (Wildman–Crippen LogP) is 2.08. The number of fused-ring (bicyclic) bond motifs is 1. The lowest BCUT2D eigenvalue weighted by Crippen LogP contribution is -2.51. The lowest BCUT2D eigenvalue weighted by atomic mass is 9.81. The average Bonchev–Trinajstić information content (AvgIpc) is 3.08. The van der Waals surface area contributed by atoms with Crippen molar-refractivity contribution in [2.75, 3.05) is 26.2 Å². The van der Waals surface area contributed by atoms with Crippen molar-refractivity contribution < 1.29 is 9.59 Å². The molecule has 2 aromatic rings. The van der Waals surface area contributed by atoms with Gasteiger partial charge < -0.3 is 9.80 Å². The molecule has 1 saturated heterocycles. The number of aryl methyl sites for hydroxylation is 2. The molecule has 0 radical (unpaired) electrons. The van der Waals surface area contributed by atoms with Gasteiger partial charge in [0.25, 0.3) is 0 Å². The Kier molecular flexibility index (Phi) is 7.35. The van der Waals surface area contributed by atoms with Gasteiger partial charge >= 0.3 is 5.69 Å². The fourth-order valence-electron chi connectivity index (χ4n) is 5.32. The Morgan fingerprint density at radius 3 is 2.41 bits per heavy atom. The van der Waals surface area contributed by atoms with Crippen molar-refractivity contribution in [2.45, 2.75) is 58.4 Å². The molecule has 3 heterocycles. The van der Waals surface area contributed by atoms with Gasteiger partial charge in [-0.3, -0.25) is 18.7 Å². The van der Waals surface area contributed by atoms with E-state index in [9.17, 15) is 14.4 Å². The minimum absolute atomic E-state index is 0.0363. The molecule has 0 unspecified atom stereocenters. The summed E-state index contributed by atoms with van der Waals surface area (Å²) in [6.07, 6.45) is 5.47. The molecule has 4 rings (SSSR count). The summed E-state index contributed by atoms with van der Waals surface area (Å²) in [5.41, 5.74) is 2.38. The standard InChI is InChI=1S/C25H34N6O3/c1-18(32)29-13-15-30(16-14-29)24(33)20-8-6-19(7-9-20)17-31-23-22(28(2)25(31)34)11-10-21(27-23)5-3-4-12-26/h10-11,19-20H,3-9,13-17H2,1-2H3. The van der Waals surface area contributed by atoms with Gasteiger partial charge in [-0.2, -0.15) is 5.26 Å². The van der Waals surface area contributed by atoms with E-state index in [0.717, 1.165) is 49.7 Å². The summed E-state index contributed by atoms with van der Waals surface area (Å²) in [7, 11) is 1.78. The molecule has 0 aromatic carbocycles. The molecule has 2 fully saturated rings. The van der Waals surface area contributed by atoms with Crippen molar-refractivity contribution in [1.82, 2.24) is 23.9 Å². The number of unbranched alkanes of at least 4 members (excludes halogenated alkanes) is 1. The van der Waals surface area contributed by atoms with Crippen LogP contribution in [0.3, 0.4) is 0 Å². The number of carbonyl (C=O) groups excluding carboxylic acids is 2. The number of imidazole rings is 1. The van der Waals surface area contributed by atoms with E-state index in [0.29, 0.717) is 50.7 Å². The number of aromatic nitrogens is 3. The number of pyridine rings is 1. The highest BCUT2D eigenvalue weighted by molar-refractivity contribution is 5.79. The maximum Gasteiger partial charge on any atom is 0.330 e. The summed E-state index contributed by atoms with van der Waals surface area (Å²) in [6.45, 7) is 4.66. The topological polar surface area (TPSA) is 104 Å². The highest BCUT2D eigenvalue weighted by Crippen LogP contribution is 2.31. The number of amides is 2. The summed E-state index contributed by atoms with van der Waals surface area (Å²) in [5, 5.41) is 8.78. The first-order chi connectivity index (χ1) is 16.4. The van der Waals surface area contributed by atoms with E-state index < -0.39 is 0 Å². The van der Waals surface area contributed by atoms with Crippen molar-refractivity contribution in [3.8, 4) is 6.07 Å². The molecule has 34 heavy (non-hydrogen) atoms. The largest absolute Gasteiger partial charge is 0.339 e. The first-order valence-corrected chi connectivity index (χ1v) is 12.4. The average molecular weight is 467 g/mol. The normalized spacial score (nSPS) is 21.0. The highest BCUT2D eigenvalue weighted by atomic mass is 16.2. The molecule has 1 saturated carbocycles. The molecule has 0 atom stereocenters. The van der Waals surface area contributed by atoms with Crippen LogP contribution in [-0.4, -0.2) is 61.9 Å². The Hall–Kier alpha value is -3.15. The van der Waals surface area contributed by atoms with E-state index in [2.05, 4.69) is 6.07 Å². The smallest absolute Gasteiger partial charge is 0.330 e. The maximum atomic E-state index is 13.0. The monoisotopic (exact) mass is 466 g/mol. The summed E-state index contributed by atoms with van der Waals surface area (Å²) in [4.78, 5) is 45.9. The lowest BCUT2D eigenvalue weighted by molar-refractivity contribution is -0.142. The molecular weight excluding hydrogens is 432 g/mol. The Morgan fingerprint density at radius 2 is 1.76 bits per heavy atom. The zero-order valence-corrected chi connectivity index (χ0v) is 20.2. The van der Waals surface area contributed by atoms with Crippen LogP contribution in [0.25, 0.3) is 11.2 Å². The number of carbonyl (C=O) groups is 2. The first kappa shape index (κ1) is 24.0. The third-order valence-corrected chi connectivity index (χ3v) is 7.44. The summed E-state index contributed by atoms with van der Waals surface area (Å²) >= 11 is 0. The zero-order chi connectivity index (χ0) is 24.2. The third kappa shape index (κ3) is 5.01. The SMILES string of the molecule is CC(=O)N1CCN(C(=O)C2CCC(Cn3c(=O)n(C)c4ccc(CCCC#N)nc43)CC2)CC1. The van der Waals surface area contributed by atoms with Crippen molar-refractivity contribution >= 4 is 23.0 Å². The van der Waals surface area contributed by atoms with Gasteiger partial charge in [0.1, 0.15) is 0 Å². The second-order valence-corrected chi connectivity index (χ2v) is 9.66. The number of hydrogen-bond acceptors (Lipinski definition) is 5. The van der Waals surface area contributed by atoms with Crippen LogP contribution in [0.5, 0.6) is 0 Å². The molecule has 2 aromatic heterocycles. The number of rotatable bonds is 6. The fraction of sp³-hybridized carbons (Fsp3) is 0.640. The highest BCUT2D eigenvalue weighted by Gasteiger charge is 2.32. The van der Waals surface area contributed by atoms with Crippen molar-refractivity contribution in [3.63, 3.8) is 0 Å². The van der Waals surface area contributed by atoms with E-state index in [4.69, 9.17) is 10.2 Å². The van der Waals surface area contributed by atoms with Crippen LogP contribution in [0.2, 0.25) is 0 Å². The number of nitrogens with zero attached hydrogens (tertiary/aromatic N) is 6. The molecular formula is C25H34N6O3. The quantitative estimate of drug-likeness (QED) is 0.606. The fourth-order valence-corrected chi connectivity index (χ4v) is 5.32. The molecule has 0 N–H and O–H groups in total. The third-order valence-electron chi connectivity index (χ3n) is 7.44. The van der Waals surface area contributed by atoms with Crippen LogP contribution in [0.1, 0.15) is 51.1 Å². The minimum Gasteiger partial charge on any atom is -0.339 e. The predicted molar refractivity (Wildman–Crippen MR) is 128 cm³/mol. The summed E-state index contributed by atoms with van der Waals surface area (Å²) in [5.74, 6) is 0.660. The van der Waals surface area contributed by atoms with Crippen LogP contribution < -0.4 is 5.69 Å². The number of piperazine rings is 1. The van der Waals surface area contributed by atoms with Gasteiger partial charge in [-0.25, -0.2) is 9.78 Å². The van der Waals surface area contributed by atoms with Gasteiger partial charge in [0.2, 0.25) is 11.8 Å². The van der Waals surface area contributed by atoms with Crippen molar-refractivity contribution in [2.24, 2.45) is 18.9 Å².